The summed E-state index contributed by atoms with van der Waals surface area (Å²) in [5.74, 6) is -0.308. The van der Waals surface area contributed by atoms with Crippen LogP contribution in [0.25, 0.3) is 17.3 Å². The number of aromatic nitrogens is 1. The maximum Gasteiger partial charge on any atom is 0.273 e. The average molecular weight is 494 g/mol. The summed E-state index contributed by atoms with van der Waals surface area (Å²) in [6, 6.07) is 17.2. The van der Waals surface area contributed by atoms with E-state index in [1.165, 1.54) is 15.9 Å². The molecule has 31 heavy (non-hydrogen) atoms. The molecule has 0 bridgehead atoms. The first-order chi connectivity index (χ1) is 15.0. The molecule has 1 aliphatic heterocycles. The molecular weight excluding hydrogens is 474 g/mol. The Hall–Kier alpha value is -2.95. The second kappa shape index (κ2) is 9.04. The van der Waals surface area contributed by atoms with Crippen molar-refractivity contribution in [2.75, 3.05) is 13.1 Å². The van der Waals surface area contributed by atoms with Crippen molar-refractivity contribution in [1.82, 2.24) is 9.47 Å². The van der Waals surface area contributed by atoms with E-state index < -0.39 is 0 Å². The molecule has 156 valence electrons. The third kappa shape index (κ3) is 4.27. The lowest BCUT2D eigenvalue weighted by Gasteiger charge is -2.14. The summed E-state index contributed by atoms with van der Waals surface area (Å²) in [6.07, 6.45) is 3.66. The number of likely N-dealkylation sites (tertiary alicyclic amines) is 1. The number of amides is 1. The lowest BCUT2D eigenvalue weighted by Crippen LogP contribution is -2.35. The summed E-state index contributed by atoms with van der Waals surface area (Å²) in [5, 5.41) is 9.92. The predicted octanol–water partition coefficient (Wildman–Crippen LogP) is 3.10. The average Bonchev–Trinajstić information content (AvgIpc) is 3.39. The molecule has 1 aromatic heterocycles. The van der Waals surface area contributed by atoms with Crippen LogP contribution in [0, 0.1) is 18.3 Å². The fraction of sp³-hybridized carbons (Fsp3) is 0.208. The molecule has 0 unspecified atom stereocenters. The van der Waals surface area contributed by atoms with E-state index in [9.17, 15) is 14.9 Å². The van der Waals surface area contributed by atoms with Crippen LogP contribution in [0.2, 0.25) is 0 Å². The van der Waals surface area contributed by atoms with Crippen LogP contribution in [0.4, 0.5) is 0 Å². The molecule has 4 rings (SSSR count). The van der Waals surface area contributed by atoms with E-state index in [1.54, 1.807) is 11.0 Å². The Labute approximate surface area is 192 Å². The zero-order valence-corrected chi connectivity index (χ0v) is 19.4. The third-order valence-electron chi connectivity index (χ3n) is 5.26. The monoisotopic (exact) mass is 493 g/mol. The van der Waals surface area contributed by atoms with Crippen LogP contribution in [-0.4, -0.2) is 28.5 Å². The second-order valence-electron chi connectivity index (χ2n) is 7.38. The molecule has 0 aliphatic carbocycles. The molecule has 2 aromatic carbocycles. The summed E-state index contributed by atoms with van der Waals surface area (Å²) in [4.78, 5) is 28.3. The van der Waals surface area contributed by atoms with Crippen LogP contribution in [0.5, 0.6) is 0 Å². The molecule has 7 heteroatoms. The Morgan fingerprint density at radius 2 is 1.90 bits per heavy atom. The van der Waals surface area contributed by atoms with E-state index in [0.29, 0.717) is 28.0 Å². The van der Waals surface area contributed by atoms with Crippen LogP contribution in [0.3, 0.4) is 0 Å². The van der Waals surface area contributed by atoms with Crippen molar-refractivity contribution >= 4 is 44.8 Å². The van der Waals surface area contributed by atoms with Crippen LogP contribution < -0.4 is 14.8 Å². The molecule has 1 aliphatic rings. The Balaban J connectivity index is 2.04. The first-order valence-corrected chi connectivity index (χ1v) is 11.6. The van der Waals surface area contributed by atoms with Crippen molar-refractivity contribution < 1.29 is 4.79 Å². The highest BCUT2D eigenvalue weighted by molar-refractivity contribution is 9.10. The normalized spacial score (nSPS) is 15.1. The van der Waals surface area contributed by atoms with Crippen LogP contribution in [-0.2, 0) is 4.79 Å². The van der Waals surface area contributed by atoms with Crippen molar-refractivity contribution in [2.45, 2.75) is 19.8 Å². The first kappa shape index (κ1) is 21.3. The standard InChI is InChI=1S/C24H20BrN3O2S/c1-16-7-2-3-10-20(16)28-23(30)21(14-17-8-6-9-18(25)13-17)31-24(28)19(15-26)22(29)27-11-4-5-12-27/h2-3,6-10,13-14H,4-5,11-12H2,1H3/b21-14+,24-19-. The molecule has 0 radical (unpaired) electrons. The molecular formula is C24H20BrN3O2S. The number of halogens is 1. The van der Waals surface area contributed by atoms with Crippen molar-refractivity contribution in [3.8, 4) is 11.8 Å². The highest BCUT2D eigenvalue weighted by Crippen LogP contribution is 2.15. The highest BCUT2D eigenvalue weighted by atomic mass is 79.9. The Kier molecular flexibility index (Phi) is 6.21. The SMILES string of the molecule is Cc1ccccc1-n1c(=O)/c(=C\c2cccc(Br)c2)s/c1=C(/C#N)C(=O)N1CCCC1. The van der Waals surface area contributed by atoms with E-state index in [1.807, 2.05) is 55.5 Å². The van der Waals surface area contributed by atoms with Crippen LogP contribution in [0.15, 0.2) is 57.8 Å². The molecule has 1 saturated heterocycles. The summed E-state index contributed by atoms with van der Waals surface area (Å²) in [7, 11) is 0. The number of benzene rings is 2. The van der Waals surface area contributed by atoms with Gasteiger partial charge in [-0.2, -0.15) is 5.26 Å². The van der Waals surface area contributed by atoms with Gasteiger partial charge in [0.05, 0.1) is 10.2 Å². The van der Waals surface area contributed by atoms with Crippen LogP contribution in [0.1, 0.15) is 24.0 Å². The Morgan fingerprint density at radius 1 is 1.16 bits per heavy atom. The van der Waals surface area contributed by atoms with Gasteiger partial charge in [-0.3, -0.25) is 14.2 Å². The van der Waals surface area contributed by atoms with Crippen molar-refractivity contribution in [3.63, 3.8) is 0 Å². The smallest absolute Gasteiger partial charge is 0.273 e. The molecule has 0 saturated carbocycles. The summed E-state index contributed by atoms with van der Waals surface area (Å²) in [6.45, 7) is 3.19. The van der Waals surface area contributed by atoms with Crippen molar-refractivity contribution in [3.05, 3.63) is 83.7 Å². The minimum absolute atomic E-state index is 0.0149. The number of carbonyl (C=O) groups is 1. The fourth-order valence-corrected chi connectivity index (χ4v) is 5.20. The number of thiazole rings is 1. The minimum Gasteiger partial charge on any atom is -0.338 e. The first-order valence-electron chi connectivity index (χ1n) is 9.98. The van der Waals surface area contributed by atoms with E-state index in [4.69, 9.17) is 0 Å². The Bertz CT molecular complexity index is 1370. The summed E-state index contributed by atoms with van der Waals surface area (Å²) in [5.41, 5.74) is 2.20. The summed E-state index contributed by atoms with van der Waals surface area (Å²) >= 11 is 4.64. The zero-order valence-electron chi connectivity index (χ0n) is 17.0. The maximum absolute atomic E-state index is 13.5. The number of para-hydroxylation sites is 1. The number of hydrogen-bond donors (Lipinski definition) is 0. The number of rotatable bonds is 3. The van der Waals surface area contributed by atoms with E-state index in [-0.39, 0.29) is 17.0 Å². The largest absolute Gasteiger partial charge is 0.338 e. The molecule has 0 N–H and O–H groups in total. The molecule has 0 spiro atoms. The predicted molar refractivity (Wildman–Crippen MR) is 126 cm³/mol. The van der Waals surface area contributed by atoms with E-state index in [2.05, 4.69) is 22.0 Å². The van der Waals surface area contributed by atoms with Crippen LogP contribution >= 0.6 is 27.3 Å². The number of nitrogens with zero attached hydrogens (tertiary/aromatic N) is 3. The van der Waals surface area contributed by atoms with Gasteiger partial charge in [0.2, 0.25) is 0 Å². The quantitative estimate of drug-likeness (QED) is 0.562. The highest BCUT2D eigenvalue weighted by Gasteiger charge is 2.24. The van der Waals surface area contributed by atoms with Gasteiger partial charge in [0.15, 0.2) is 5.57 Å². The lowest BCUT2D eigenvalue weighted by molar-refractivity contribution is -0.123. The molecule has 1 fully saturated rings. The maximum atomic E-state index is 13.5. The van der Waals surface area contributed by atoms with Gasteiger partial charge in [0.25, 0.3) is 11.5 Å². The number of nitriles is 1. The summed E-state index contributed by atoms with van der Waals surface area (Å²) < 4.78 is 3.26. The zero-order chi connectivity index (χ0) is 22.0. The van der Waals surface area contributed by atoms with Gasteiger partial charge in [-0.25, -0.2) is 0 Å². The van der Waals surface area contributed by atoms with E-state index >= 15 is 0 Å². The Morgan fingerprint density at radius 3 is 2.58 bits per heavy atom. The van der Waals surface area contributed by atoms with Gasteiger partial charge in [-0.05, 0) is 55.2 Å². The lowest BCUT2D eigenvalue weighted by atomic mass is 10.2. The molecule has 0 atom stereocenters. The molecule has 5 nitrogen and oxygen atoms in total. The number of aryl methyl sites for hydroxylation is 1. The topological polar surface area (TPSA) is 66.1 Å². The van der Waals surface area contributed by atoms with Gasteiger partial charge in [0, 0.05) is 17.6 Å². The van der Waals surface area contributed by atoms with Crippen molar-refractivity contribution in [2.24, 2.45) is 0 Å². The number of carbonyl (C=O) groups excluding carboxylic acids is 1. The van der Waals surface area contributed by atoms with Gasteiger partial charge in [0.1, 0.15) is 10.7 Å². The molecule has 1 amide bonds. The fourth-order valence-electron chi connectivity index (χ4n) is 3.70. The second-order valence-corrected chi connectivity index (χ2v) is 9.33. The molecule has 2 heterocycles. The van der Waals surface area contributed by atoms with E-state index in [0.717, 1.165) is 28.4 Å². The van der Waals surface area contributed by atoms with Gasteiger partial charge in [-0.1, -0.05) is 46.3 Å². The van der Waals surface area contributed by atoms with Gasteiger partial charge >= 0.3 is 0 Å². The van der Waals surface area contributed by atoms with Gasteiger partial charge < -0.3 is 4.90 Å². The third-order valence-corrected chi connectivity index (χ3v) is 6.84. The minimum atomic E-state index is -0.308. The number of hydrogen-bond acceptors (Lipinski definition) is 4. The van der Waals surface area contributed by atoms with Gasteiger partial charge in [-0.15, -0.1) is 11.3 Å². The molecule has 3 aromatic rings. The van der Waals surface area contributed by atoms with Crippen molar-refractivity contribution in [1.29, 1.82) is 5.26 Å².